The van der Waals surface area contributed by atoms with E-state index in [-0.39, 0.29) is 0 Å². The Morgan fingerprint density at radius 1 is 0.429 bits per heavy atom. The van der Waals surface area contributed by atoms with Gasteiger partial charge in [0.15, 0.2) is 0 Å². The van der Waals surface area contributed by atoms with Crippen LogP contribution in [0.1, 0.15) is 5.56 Å². The van der Waals surface area contributed by atoms with Crippen LogP contribution in [0.3, 0.4) is 0 Å². The highest BCUT2D eigenvalue weighted by atomic mass is 15.1. The van der Waals surface area contributed by atoms with Crippen LogP contribution in [0.5, 0.6) is 0 Å². The zero-order chi connectivity index (χ0) is 37.4. The molecule has 0 aliphatic heterocycles. The van der Waals surface area contributed by atoms with E-state index in [1.807, 2.05) is 12.1 Å². The number of aliphatic imine (C=N–C) groups is 1. The number of rotatable bonds is 8. The van der Waals surface area contributed by atoms with Crippen molar-refractivity contribution < 1.29 is 0 Å². The van der Waals surface area contributed by atoms with E-state index in [0.717, 1.165) is 33.6 Å². The molecule has 8 aromatic carbocycles. The molecule has 0 aliphatic carbocycles. The molecule has 4 nitrogen and oxygen atoms in total. The van der Waals surface area contributed by atoms with Gasteiger partial charge in [-0.05, 0) is 106 Å². The van der Waals surface area contributed by atoms with Crippen molar-refractivity contribution in [3.8, 4) is 39.1 Å². The minimum atomic E-state index is 0.453. The van der Waals surface area contributed by atoms with E-state index in [2.05, 4.69) is 197 Å². The van der Waals surface area contributed by atoms with Crippen LogP contribution in [0, 0.1) is 0 Å². The van der Waals surface area contributed by atoms with Crippen LogP contribution in [0.15, 0.2) is 211 Å². The molecule has 2 aromatic heterocycles. The molecule has 10 aromatic rings. The average molecular weight is 719 g/mol. The molecule has 4 heteroatoms. The molecule has 0 radical (unpaired) electrons. The molecule has 0 saturated heterocycles. The average Bonchev–Trinajstić information content (AvgIpc) is 3.77. The van der Waals surface area contributed by atoms with Crippen LogP contribution in [-0.4, -0.2) is 14.8 Å². The lowest BCUT2D eigenvalue weighted by Gasteiger charge is -2.10. The van der Waals surface area contributed by atoms with Crippen molar-refractivity contribution in [2.24, 2.45) is 10.7 Å². The van der Waals surface area contributed by atoms with Gasteiger partial charge in [0.2, 0.25) is 0 Å². The Balaban J connectivity index is 0.996. The van der Waals surface area contributed by atoms with E-state index < -0.39 is 0 Å². The molecule has 0 spiro atoms. The molecule has 56 heavy (non-hydrogen) atoms. The Morgan fingerprint density at radius 2 is 0.911 bits per heavy atom. The van der Waals surface area contributed by atoms with Crippen molar-refractivity contribution in [3.63, 3.8) is 0 Å². The van der Waals surface area contributed by atoms with E-state index in [9.17, 15) is 0 Å². The lowest BCUT2D eigenvalue weighted by molar-refractivity contribution is 0.793. The first kappa shape index (κ1) is 33.2. The van der Waals surface area contributed by atoms with Gasteiger partial charge in [0.1, 0.15) is 6.67 Å². The maximum absolute atomic E-state index is 5.99. The summed E-state index contributed by atoms with van der Waals surface area (Å²) in [6, 6.07) is 69.4. The smallest absolute Gasteiger partial charge is 0.115 e. The molecular formula is C52H38N4. The summed E-state index contributed by atoms with van der Waals surface area (Å²) in [7, 11) is 0. The van der Waals surface area contributed by atoms with Crippen molar-refractivity contribution in [1.82, 2.24) is 9.13 Å². The van der Waals surface area contributed by atoms with Crippen molar-refractivity contribution in [3.05, 3.63) is 212 Å². The summed E-state index contributed by atoms with van der Waals surface area (Å²) < 4.78 is 4.66. The number of allylic oxidation sites excluding steroid dienone is 1. The standard InChI is InChI=1S/C52H38N4/c53-31-30-48(38-24-22-37(23-25-38)40-15-11-14-39(32-40)36-12-3-1-4-13-36)54-35-55-49-20-9-7-18-44(49)46-33-41(26-28-50(46)55)42-27-29-52-47(34-42)45-19-8-10-21-51(45)56(52)43-16-5-2-6-17-43/h1-34H,35,53H2/b31-30-,54-48?. The molecule has 266 valence electrons. The third-order valence-corrected chi connectivity index (χ3v) is 10.9. The SMILES string of the molecule is N/C=C\C(=NCn1c2ccccc2c2cc(-c3ccc4c(c3)c3ccccc3n4-c3ccccc3)ccc21)c1ccc(-c2cccc(-c3ccccc3)c2)cc1. The maximum Gasteiger partial charge on any atom is 0.115 e. The summed E-state index contributed by atoms with van der Waals surface area (Å²) in [5.41, 5.74) is 20.8. The Bertz CT molecular complexity index is 3090. The van der Waals surface area contributed by atoms with Crippen molar-refractivity contribution in [2.75, 3.05) is 0 Å². The van der Waals surface area contributed by atoms with Crippen molar-refractivity contribution in [2.45, 2.75) is 6.67 Å². The quantitative estimate of drug-likeness (QED) is 0.156. The van der Waals surface area contributed by atoms with Gasteiger partial charge in [-0.1, -0.05) is 140 Å². The molecule has 0 saturated carbocycles. The Kier molecular flexibility index (Phi) is 8.34. The zero-order valence-corrected chi connectivity index (χ0v) is 30.8. The van der Waals surface area contributed by atoms with Gasteiger partial charge in [-0.2, -0.15) is 0 Å². The molecule has 0 amide bonds. The Morgan fingerprint density at radius 3 is 1.61 bits per heavy atom. The number of benzene rings is 8. The summed E-state index contributed by atoms with van der Waals surface area (Å²) in [6.45, 7) is 0.453. The Hall–Kier alpha value is -7.43. The summed E-state index contributed by atoms with van der Waals surface area (Å²) in [5.74, 6) is 0. The lowest BCUT2D eigenvalue weighted by atomic mass is 9.98. The summed E-state index contributed by atoms with van der Waals surface area (Å²) >= 11 is 0. The predicted molar refractivity (Wildman–Crippen MR) is 236 cm³/mol. The molecule has 2 heterocycles. The van der Waals surface area contributed by atoms with Crippen LogP contribution in [0.2, 0.25) is 0 Å². The summed E-state index contributed by atoms with van der Waals surface area (Å²) in [5, 5.41) is 4.91. The van der Waals surface area contributed by atoms with Gasteiger partial charge in [0, 0.05) is 27.2 Å². The molecule has 0 atom stereocenters. The highest BCUT2D eigenvalue weighted by Gasteiger charge is 2.15. The first-order chi connectivity index (χ1) is 27.7. The Labute approximate surface area is 325 Å². The molecular weight excluding hydrogens is 681 g/mol. The maximum atomic E-state index is 5.99. The fourth-order valence-corrected chi connectivity index (χ4v) is 8.21. The molecule has 0 unspecified atom stereocenters. The van der Waals surface area contributed by atoms with E-state index in [4.69, 9.17) is 10.7 Å². The molecule has 10 rings (SSSR count). The van der Waals surface area contributed by atoms with E-state index >= 15 is 0 Å². The molecule has 0 aliphatic rings. The highest BCUT2D eigenvalue weighted by Crippen LogP contribution is 2.37. The van der Waals surface area contributed by atoms with Crippen LogP contribution < -0.4 is 5.73 Å². The van der Waals surface area contributed by atoms with Crippen LogP contribution >= 0.6 is 0 Å². The lowest BCUT2D eigenvalue weighted by Crippen LogP contribution is -2.03. The number of fused-ring (bicyclic) bond motifs is 6. The van der Waals surface area contributed by atoms with Crippen LogP contribution in [0.25, 0.3) is 82.7 Å². The van der Waals surface area contributed by atoms with Crippen LogP contribution in [0.4, 0.5) is 0 Å². The van der Waals surface area contributed by atoms with Gasteiger partial charge in [-0.25, -0.2) is 0 Å². The highest BCUT2D eigenvalue weighted by molar-refractivity contribution is 6.12. The van der Waals surface area contributed by atoms with Gasteiger partial charge in [0.05, 0.1) is 27.8 Å². The van der Waals surface area contributed by atoms with Crippen LogP contribution in [-0.2, 0) is 6.67 Å². The zero-order valence-electron chi connectivity index (χ0n) is 30.8. The number of hydrogen-bond acceptors (Lipinski definition) is 2. The fourth-order valence-electron chi connectivity index (χ4n) is 8.21. The van der Waals surface area contributed by atoms with Crippen molar-refractivity contribution in [1.29, 1.82) is 0 Å². The number of aromatic nitrogens is 2. The second kappa shape index (κ2) is 14.1. The van der Waals surface area contributed by atoms with Gasteiger partial charge in [-0.3, -0.25) is 4.99 Å². The number of para-hydroxylation sites is 3. The third-order valence-electron chi connectivity index (χ3n) is 10.9. The third kappa shape index (κ3) is 5.85. The van der Waals surface area contributed by atoms with Gasteiger partial charge in [0.25, 0.3) is 0 Å². The minimum absolute atomic E-state index is 0.453. The number of nitrogens with two attached hydrogens (primary N) is 1. The fraction of sp³-hybridized carbons (Fsp3) is 0.0192. The van der Waals surface area contributed by atoms with Gasteiger partial charge < -0.3 is 14.9 Å². The first-order valence-electron chi connectivity index (χ1n) is 19.0. The largest absolute Gasteiger partial charge is 0.405 e. The van der Waals surface area contributed by atoms with Gasteiger partial charge >= 0.3 is 0 Å². The topological polar surface area (TPSA) is 48.2 Å². The molecule has 2 N–H and O–H groups in total. The van der Waals surface area contributed by atoms with E-state index in [1.54, 1.807) is 6.20 Å². The van der Waals surface area contributed by atoms with Crippen molar-refractivity contribution >= 4 is 49.3 Å². The summed E-state index contributed by atoms with van der Waals surface area (Å²) in [4.78, 5) is 5.16. The normalized spacial score (nSPS) is 12.1. The second-order valence-corrected chi connectivity index (χ2v) is 14.2. The molecule has 0 bridgehead atoms. The second-order valence-electron chi connectivity index (χ2n) is 14.2. The van der Waals surface area contributed by atoms with E-state index in [0.29, 0.717) is 6.67 Å². The van der Waals surface area contributed by atoms with Gasteiger partial charge in [-0.15, -0.1) is 0 Å². The monoisotopic (exact) mass is 718 g/mol. The predicted octanol–water partition coefficient (Wildman–Crippen LogP) is 12.8. The minimum Gasteiger partial charge on any atom is -0.405 e. The number of nitrogens with zero attached hydrogens (tertiary/aromatic N) is 3. The molecule has 0 fully saturated rings. The van der Waals surface area contributed by atoms with E-state index in [1.165, 1.54) is 60.4 Å². The number of hydrogen-bond donors (Lipinski definition) is 1. The summed E-state index contributed by atoms with van der Waals surface area (Å²) in [6.07, 6.45) is 3.46. The first-order valence-corrected chi connectivity index (χ1v) is 19.0.